The molecule has 2 nitrogen and oxygen atoms in total. The number of hydrogen-bond donors (Lipinski definition) is 0. The average Bonchev–Trinajstić information content (AvgIpc) is 2.37. The van der Waals surface area contributed by atoms with Crippen molar-refractivity contribution in [2.45, 2.75) is 52.0 Å². The molecule has 3 heteroatoms. The van der Waals surface area contributed by atoms with Gasteiger partial charge in [-0.1, -0.05) is 31.4 Å². The number of nitrogens with zero attached hydrogens (tertiary/aromatic N) is 2. The average molecular weight is 267 g/mol. The molecule has 0 aromatic carbocycles. The van der Waals surface area contributed by atoms with E-state index in [1.54, 1.807) is 0 Å². The number of unbranched alkanes of at least 4 members (excludes halogenated alkanes) is 1. The van der Waals surface area contributed by atoms with Gasteiger partial charge in [0, 0.05) is 12.2 Å². The van der Waals surface area contributed by atoms with Crippen LogP contribution < -0.4 is 0 Å². The maximum atomic E-state index is 5.95. The minimum atomic E-state index is 0.551. The molecular formula is C15H23ClN2. The van der Waals surface area contributed by atoms with Gasteiger partial charge in [-0.05, 0) is 56.5 Å². The first kappa shape index (κ1) is 13.8. The number of piperidine rings is 1. The number of likely N-dealkylation sites (tertiary alicyclic amines) is 1. The van der Waals surface area contributed by atoms with Gasteiger partial charge in [0.2, 0.25) is 0 Å². The van der Waals surface area contributed by atoms with Crippen LogP contribution in [0.1, 0.15) is 56.2 Å². The predicted molar refractivity (Wildman–Crippen MR) is 77.1 cm³/mol. The van der Waals surface area contributed by atoms with E-state index in [-0.39, 0.29) is 0 Å². The molecule has 0 radical (unpaired) electrons. The Morgan fingerprint density at radius 2 is 2.28 bits per heavy atom. The van der Waals surface area contributed by atoms with Crippen molar-refractivity contribution in [3.8, 4) is 0 Å². The van der Waals surface area contributed by atoms with Crippen LogP contribution in [-0.2, 0) is 0 Å². The van der Waals surface area contributed by atoms with Crippen LogP contribution in [-0.4, -0.2) is 23.0 Å². The molecule has 100 valence electrons. The fourth-order valence-corrected chi connectivity index (χ4v) is 3.07. The highest BCUT2D eigenvalue weighted by molar-refractivity contribution is 6.29. The first-order valence-electron chi connectivity index (χ1n) is 7.08. The zero-order valence-electron chi connectivity index (χ0n) is 11.5. The van der Waals surface area contributed by atoms with Crippen LogP contribution in [0.4, 0.5) is 0 Å². The van der Waals surface area contributed by atoms with E-state index in [9.17, 15) is 0 Å². The molecule has 1 aliphatic rings. The van der Waals surface area contributed by atoms with Crippen molar-refractivity contribution < 1.29 is 0 Å². The Morgan fingerprint density at radius 1 is 1.44 bits per heavy atom. The summed E-state index contributed by atoms with van der Waals surface area (Å²) < 4.78 is 0. The summed E-state index contributed by atoms with van der Waals surface area (Å²) >= 11 is 5.95. The molecule has 2 heterocycles. The van der Waals surface area contributed by atoms with E-state index in [1.807, 2.05) is 12.3 Å². The van der Waals surface area contributed by atoms with Gasteiger partial charge in [0.1, 0.15) is 5.15 Å². The summed E-state index contributed by atoms with van der Waals surface area (Å²) in [6.45, 7) is 6.85. The molecule has 1 fully saturated rings. The third kappa shape index (κ3) is 3.24. The van der Waals surface area contributed by atoms with Crippen molar-refractivity contribution in [2.24, 2.45) is 0 Å². The summed E-state index contributed by atoms with van der Waals surface area (Å²) in [5, 5.41) is 0.604. The lowest BCUT2D eigenvalue weighted by atomic mass is 9.93. The van der Waals surface area contributed by atoms with E-state index >= 15 is 0 Å². The quantitative estimate of drug-likeness (QED) is 0.753. The number of aromatic nitrogens is 1. The van der Waals surface area contributed by atoms with Crippen molar-refractivity contribution in [1.29, 1.82) is 0 Å². The molecule has 1 saturated heterocycles. The van der Waals surface area contributed by atoms with Gasteiger partial charge in [0.15, 0.2) is 0 Å². The lowest BCUT2D eigenvalue weighted by Crippen LogP contribution is -2.34. The van der Waals surface area contributed by atoms with Crippen molar-refractivity contribution >= 4 is 11.6 Å². The monoisotopic (exact) mass is 266 g/mol. The van der Waals surface area contributed by atoms with Crippen molar-refractivity contribution in [2.75, 3.05) is 13.1 Å². The Morgan fingerprint density at radius 3 is 3.00 bits per heavy atom. The Bertz CT molecular complexity index is 392. The molecule has 0 spiro atoms. The second-order valence-corrected chi connectivity index (χ2v) is 5.65. The molecule has 2 rings (SSSR count). The van der Waals surface area contributed by atoms with Crippen LogP contribution in [0.5, 0.6) is 0 Å². The second-order valence-electron chi connectivity index (χ2n) is 5.26. The molecule has 0 N–H and O–H groups in total. The van der Waals surface area contributed by atoms with E-state index in [2.05, 4.69) is 23.7 Å². The first-order chi connectivity index (χ1) is 8.72. The van der Waals surface area contributed by atoms with E-state index in [1.165, 1.54) is 56.3 Å². The van der Waals surface area contributed by atoms with Gasteiger partial charge in [-0.15, -0.1) is 0 Å². The maximum Gasteiger partial charge on any atom is 0.129 e. The van der Waals surface area contributed by atoms with E-state index in [0.717, 1.165) is 0 Å². The van der Waals surface area contributed by atoms with Crippen LogP contribution in [0.15, 0.2) is 12.3 Å². The molecule has 1 aliphatic heterocycles. The summed E-state index contributed by atoms with van der Waals surface area (Å²) in [5.74, 6) is 0. The Kier molecular flexibility index (Phi) is 5.02. The molecule has 1 aromatic rings. The highest BCUT2D eigenvalue weighted by Crippen LogP contribution is 2.33. The fourth-order valence-electron chi connectivity index (χ4n) is 2.85. The smallest absolute Gasteiger partial charge is 0.129 e. The molecule has 0 bridgehead atoms. The van der Waals surface area contributed by atoms with Crippen LogP contribution in [0, 0.1) is 6.92 Å². The molecule has 1 unspecified atom stereocenters. The Hall–Kier alpha value is -0.600. The van der Waals surface area contributed by atoms with Gasteiger partial charge in [0.05, 0.1) is 0 Å². The molecule has 0 amide bonds. The van der Waals surface area contributed by atoms with Crippen LogP contribution in [0.2, 0.25) is 5.15 Å². The summed E-state index contributed by atoms with van der Waals surface area (Å²) in [6, 6.07) is 2.54. The van der Waals surface area contributed by atoms with Gasteiger partial charge in [0.25, 0.3) is 0 Å². The third-order valence-corrected chi connectivity index (χ3v) is 4.10. The maximum absolute atomic E-state index is 5.95. The van der Waals surface area contributed by atoms with Crippen molar-refractivity contribution in [3.63, 3.8) is 0 Å². The SMILES string of the molecule is CCCCN1CCCCC1c1cnc(Cl)cc1C. The Balaban J connectivity index is 2.16. The van der Waals surface area contributed by atoms with Crippen LogP contribution in [0.3, 0.4) is 0 Å². The van der Waals surface area contributed by atoms with Gasteiger partial charge in [-0.2, -0.15) is 0 Å². The number of hydrogen-bond acceptors (Lipinski definition) is 2. The number of halogens is 1. The molecule has 18 heavy (non-hydrogen) atoms. The number of pyridine rings is 1. The van der Waals surface area contributed by atoms with Gasteiger partial charge in [-0.25, -0.2) is 4.98 Å². The summed E-state index contributed by atoms with van der Waals surface area (Å²) in [4.78, 5) is 6.90. The van der Waals surface area contributed by atoms with E-state index < -0.39 is 0 Å². The fraction of sp³-hybridized carbons (Fsp3) is 0.667. The normalized spacial score (nSPS) is 21.2. The van der Waals surface area contributed by atoms with Gasteiger partial charge < -0.3 is 0 Å². The zero-order chi connectivity index (χ0) is 13.0. The minimum absolute atomic E-state index is 0.551. The molecule has 1 aromatic heterocycles. The summed E-state index contributed by atoms with van der Waals surface area (Å²) in [6.07, 6.45) is 8.45. The van der Waals surface area contributed by atoms with E-state index in [0.29, 0.717) is 11.2 Å². The third-order valence-electron chi connectivity index (χ3n) is 3.89. The van der Waals surface area contributed by atoms with Crippen LogP contribution >= 0.6 is 11.6 Å². The van der Waals surface area contributed by atoms with Gasteiger partial charge >= 0.3 is 0 Å². The van der Waals surface area contributed by atoms with Crippen LogP contribution in [0.25, 0.3) is 0 Å². The minimum Gasteiger partial charge on any atom is -0.296 e. The van der Waals surface area contributed by atoms with E-state index in [4.69, 9.17) is 11.6 Å². The summed E-state index contributed by atoms with van der Waals surface area (Å²) in [5.41, 5.74) is 2.65. The zero-order valence-corrected chi connectivity index (χ0v) is 12.2. The number of aryl methyl sites for hydroxylation is 1. The predicted octanol–water partition coefficient (Wildman–Crippen LogP) is 4.37. The highest BCUT2D eigenvalue weighted by Gasteiger charge is 2.24. The summed E-state index contributed by atoms with van der Waals surface area (Å²) in [7, 11) is 0. The molecular weight excluding hydrogens is 244 g/mol. The standard InChI is InChI=1S/C15H23ClN2/c1-3-4-8-18-9-6-5-7-14(18)13-11-17-15(16)10-12(13)2/h10-11,14H,3-9H2,1-2H3. The highest BCUT2D eigenvalue weighted by atomic mass is 35.5. The van der Waals surface area contributed by atoms with Gasteiger partial charge in [-0.3, -0.25) is 4.90 Å². The number of rotatable bonds is 4. The topological polar surface area (TPSA) is 16.1 Å². The largest absolute Gasteiger partial charge is 0.296 e. The molecule has 0 aliphatic carbocycles. The molecule has 0 saturated carbocycles. The second kappa shape index (κ2) is 6.53. The van der Waals surface area contributed by atoms with Crippen molar-refractivity contribution in [3.05, 3.63) is 28.5 Å². The van der Waals surface area contributed by atoms with Crippen molar-refractivity contribution in [1.82, 2.24) is 9.88 Å². The molecule has 1 atom stereocenters. The lowest BCUT2D eigenvalue weighted by molar-refractivity contribution is 0.146. The lowest BCUT2D eigenvalue weighted by Gasteiger charge is -2.36. The Labute approximate surface area is 115 Å². The first-order valence-corrected chi connectivity index (χ1v) is 7.46.